The van der Waals surface area contributed by atoms with Gasteiger partial charge in [0, 0.05) is 43.0 Å². The lowest BCUT2D eigenvalue weighted by atomic mass is 9.91. The van der Waals surface area contributed by atoms with Crippen LogP contribution in [-0.2, 0) is 9.59 Å². The second kappa shape index (κ2) is 9.05. The Morgan fingerprint density at radius 1 is 1.21 bits per heavy atom. The molecular formula is C23H34ClN3O2. The minimum absolute atomic E-state index is 0.00720. The van der Waals surface area contributed by atoms with Crippen LogP contribution in [0.3, 0.4) is 0 Å². The summed E-state index contributed by atoms with van der Waals surface area (Å²) in [6, 6.07) is 7.81. The third-order valence-corrected chi connectivity index (χ3v) is 6.42. The van der Waals surface area contributed by atoms with Crippen LogP contribution in [0.1, 0.15) is 44.6 Å². The summed E-state index contributed by atoms with van der Waals surface area (Å²) in [4.78, 5) is 29.5. The number of piperidine rings is 1. The molecule has 2 atom stereocenters. The topological polar surface area (TPSA) is 52.7 Å². The maximum absolute atomic E-state index is 12.9. The van der Waals surface area contributed by atoms with Gasteiger partial charge >= 0.3 is 0 Å². The number of nitrogens with zero attached hydrogens (tertiary/aromatic N) is 2. The van der Waals surface area contributed by atoms with E-state index < -0.39 is 0 Å². The molecule has 1 heterocycles. The normalized spacial score (nSPS) is 22.6. The molecule has 29 heavy (non-hydrogen) atoms. The zero-order valence-corrected chi connectivity index (χ0v) is 18.8. The summed E-state index contributed by atoms with van der Waals surface area (Å²) >= 11 is 6.29. The summed E-state index contributed by atoms with van der Waals surface area (Å²) in [7, 11) is 4.10. The average molecular weight is 420 g/mol. The summed E-state index contributed by atoms with van der Waals surface area (Å²) in [5, 5.41) is 3.88. The predicted octanol–water partition coefficient (Wildman–Crippen LogP) is 3.39. The molecule has 1 aliphatic heterocycles. The van der Waals surface area contributed by atoms with E-state index in [0.717, 1.165) is 36.4 Å². The van der Waals surface area contributed by atoms with Crippen molar-refractivity contribution in [1.29, 1.82) is 0 Å². The number of rotatable bonds is 7. The fourth-order valence-corrected chi connectivity index (χ4v) is 4.84. The highest BCUT2D eigenvalue weighted by molar-refractivity contribution is 6.31. The van der Waals surface area contributed by atoms with Crippen LogP contribution in [0.5, 0.6) is 0 Å². The molecule has 0 radical (unpaired) electrons. The molecule has 0 spiro atoms. The lowest BCUT2D eigenvalue weighted by Gasteiger charge is -2.33. The smallest absolute Gasteiger partial charge is 0.226 e. The van der Waals surface area contributed by atoms with E-state index in [1.807, 2.05) is 43.3 Å². The SMILES string of the molecule is CN(C)CC(C)(C)CNC(=O)C1CCN(C(=O)C2CC2c2ccccc2Cl)CC1. The second-order valence-electron chi connectivity index (χ2n) is 9.69. The van der Waals surface area contributed by atoms with Crippen molar-refractivity contribution in [2.45, 2.75) is 39.0 Å². The van der Waals surface area contributed by atoms with E-state index in [1.165, 1.54) is 0 Å². The highest BCUT2D eigenvalue weighted by atomic mass is 35.5. The molecule has 1 saturated heterocycles. The van der Waals surface area contributed by atoms with Gasteiger partial charge in [0.25, 0.3) is 0 Å². The van der Waals surface area contributed by atoms with E-state index in [9.17, 15) is 9.59 Å². The van der Waals surface area contributed by atoms with Gasteiger partial charge in [-0.1, -0.05) is 43.6 Å². The lowest BCUT2D eigenvalue weighted by molar-refractivity contribution is -0.136. The standard InChI is InChI=1S/C23H34ClN3O2/c1-23(2,15-26(3)4)14-25-21(28)16-9-11-27(12-10-16)22(29)19-13-18(19)17-7-5-6-8-20(17)24/h5-8,16,18-19H,9-15H2,1-4H3,(H,25,28). The first kappa shape index (κ1) is 22.1. The van der Waals surface area contributed by atoms with Gasteiger partial charge < -0.3 is 15.1 Å². The Bertz CT molecular complexity index is 741. The molecule has 2 aliphatic rings. The molecule has 1 aromatic carbocycles. The molecule has 2 fully saturated rings. The van der Waals surface area contributed by atoms with Gasteiger partial charge in [-0.2, -0.15) is 0 Å². The molecule has 2 unspecified atom stereocenters. The van der Waals surface area contributed by atoms with Crippen molar-refractivity contribution in [3.8, 4) is 0 Å². The fourth-order valence-electron chi connectivity index (χ4n) is 4.57. The van der Waals surface area contributed by atoms with Crippen LogP contribution >= 0.6 is 11.6 Å². The number of amides is 2. The minimum atomic E-state index is 0.00720. The van der Waals surface area contributed by atoms with Gasteiger partial charge in [-0.05, 0) is 56.3 Å². The highest BCUT2D eigenvalue weighted by Gasteiger charge is 2.47. The molecule has 0 aromatic heterocycles. The molecule has 6 heteroatoms. The van der Waals surface area contributed by atoms with Crippen LogP contribution < -0.4 is 5.32 Å². The van der Waals surface area contributed by atoms with E-state index in [-0.39, 0.29) is 35.0 Å². The van der Waals surface area contributed by atoms with E-state index in [0.29, 0.717) is 19.6 Å². The minimum Gasteiger partial charge on any atom is -0.355 e. The molecule has 0 bridgehead atoms. The first-order valence-electron chi connectivity index (χ1n) is 10.6. The number of halogens is 1. The van der Waals surface area contributed by atoms with Crippen LogP contribution in [0.25, 0.3) is 0 Å². The third-order valence-electron chi connectivity index (χ3n) is 6.08. The van der Waals surface area contributed by atoms with Crippen molar-refractivity contribution in [2.24, 2.45) is 17.3 Å². The summed E-state index contributed by atoms with van der Waals surface area (Å²) in [6.07, 6.45) is 2.37. The van der Waals surface area contributed by atoms with E-state index in [2.05, 4.69) is 24.1 Å². The number of benzene rings is 1. The van der Waals surface area contributed by atoms with Crippen molar-refractivity contribution in [3.63, 3.8) is 0 Å². The van der Waals surface area contributed by atoms with Gasteiger partial charge in [-0.3, -0.25) is 9.59 Å². The maximum atomic E-state index is 12.9. The third kappa shape index (κ3) is 5.73. The number of nitrogens with one attached hydrogen (secondary N) is 1. The molecule has 5 nitrogen and oxygen atoms in total. The van der Waals surface area contributed by atoms with E-state index >= 15 is 0 Å². The molecule has 3 rings (SSSR count). The molecule has 2 amide bonds. The average Bonchev–Trinajstić information content (AvgIpc) is 3.45. The van der Waals surface area contributed by atoms with Gasteiger partial charge in [0.1, 0.15) is 0 Å². The van der Waals surface area contributed by atoms with Crippen molar-refractivity contribution >= 4 is 23.4 Å². The second-order valence-corrected chi connectivity index (χ2v) is 10.1. The summed E-state index contributed by atoms with van der Waals surface area (Å²) in [5.74, 6) is 0.654. The highest BCUT2D eigenvalue weighted by Crippen LogP contribution is 2.50. The molecule has 1 N–H and O–H groups in total. The van der Waals surface area contributed by atoms with Crippen LogP contribution in [0.4, 0.5) is 0 Å². The van der Waals surface area contributed by atoms with Crippen molar-refractivity contribution < 1.29 is 9.59 Å². The summed E-state index contributed by atoms with van der Waals surface area (Å²) in [5.41, 5.74) is 1.12. The molecular weight excluding hydrogens is 386 g/mol. The monoisotopic (exact) mass is 419 g/mol. The number of likely N-dealkylation sites (tertiary alicyclic amines) is 1. The number of hydrogen-bond acceptors (Lipinski definition) is 3. The molecule has 1 aliphatic carbocycles. The van der Waals surface area contributed by atoms with Crippen LogP contribution in [0.2, 0.25) is 5.02 Å². The zero-order chi connectivity index (χ0) is 21.2. The van der Waals surface area contributed by atoms with Crippen molar-refractivity contribution in [3.05, 3.63) is 34.9 Å². The van der Waals surface area contributed by atoms with Crippen molar-refractivity contribution in [2.75, 3.05) is 40.3 Å². The Balaban J connectivity index is 1.44. The summed E-state index contributed by atoms with van der Waals surface area (Å²) < 4.78 is 0. The van der Waals surface area contributed by atoms with Crippen LogP contribution in [0.15, 0.2) is 24.3 Å². The van der Waals surface area contributed by atoms with E-state index in [1.54, 1.807) is 0 Å². The maximum Gasteiger partial charge on any atom is 0.226 e. The zero-order valence-electron chi connectivity index (χ0n) is 18.1. The quantitative estimate of drug-likeness (QED) is 0.737. The van der Waals surface area contributed by atoms with Crippen LogP contribution in [0, 0.1) is 17.3 Å². The first-order valence-corrected chi connectivity index (χ1v) is 11.0. The Kier molecular flexibility index (Phi) is 6.90. The fraction of sp³-hybridized carbons (Fsp3) is 0.652. The molecule has 160 valence electrons. The first-order chi connectivity index (χ1) is 13.7. The Morgan fingerprint density at radius 2 is 1.86 bits per heavy atom. The van der Waals surface area contributed by atoms with E-state index in [4.69, 9.17) is 11.6 Å². The van der Waals surface area contributed by atoms with Crippen LogP contribution in [-0.4, -0.2) is 61.9 Å². The Hall–Kier alpha value is -1.59. The number of carbonyl (C=O) groups excluding carboxylic acids is 2. The van der Waals surface area contributed by atoms with Gasteiger partial charge in [0.2, 0.25) is 11.8 Å². The largest absolute Gasteiger partial charge is 0.355 e. The number of hydrogen-bond donors (Lipinski definition) is 1. The van der Waals surface area contributed by atoms with Gasteiger partial charge in [0.05, 0.1) is 0 Å². The van der Waals surface area contributed by atoms with Gasteiger partial charge in [0.15, 0.2) is 0 Å². The Labute approximate surface area is 179 Å². The lowest BCUT2D eigenvalue weighted by Crippen LogP contribution is -2.46. The molecule has 1 aromatic rings. The summed E-state index contributed by atoms with van der Waals surface area (Å²) in [6.45, 7) is 7.27. The van der Waals surface area contributed by atoms with Crippen molar-refractivity contribution in [1.82, 2.24) is 15.1 Å². The van der Waals surface area contributed by atoms with Gasteiger partial charge in [-0.15, -0.1) is 0 Å². The van der Waals surface area contributed by atoms with Gasteiger partial charge in [-0.25, -0.2) is 0 Å². The Morgan fingerprint density at radius 3 is 2.48 bits per heavy atom. The number of carbonyl (C=O) groups is 2. The predicted molar refractivity (Wildman–Crippen MR) is 117 cm³/mol. The molecule has 1 saturated carbocycles.